The van der Waals surface area contributed by atoms with E-state index in [1.165, 1.54) is 5.82 Å². The van der Waals surface area contributed by atoms with E-state index in [1.807, 2.05) is 12.3 Å². The first kappa shape index (κ1) is 21.3. The Labute approximate surface area is 191 Å². The summed E-state index contributed by atoms with van der Waals surface area (Å²) in [6, 6.07) is 4.08. The zero-order valence-corrected chi connectivity index (χ0v) is 19.7. The lowest BCUT2D eigenvalue weighted by molar-refractivity contribution is -0.126. The normalized spacial score (nSPS) is 31.6. The van der Waals surface area contributed by atoms with Gasteiger partial charge < -0.3 is 14.7 Å². The van der Waals surface area contributed by atoms with Crippen molar-refractivity contribution in [1.29, 1.82) is 0 Å². The fourth-order valence-electron chi connectivity index (χ4n) is 5.70. The minimum atomic E-state index is -0.360. The Morgan fingerprint density at radius 1 is 1.12 bits per heavy atom. The summed E-state index contributed by atoms with van der Waals surface area (Å²) in [7, 11) is 4.33. The first-order chi connectivity index (χ1) is 15.4. The van der Waals surface area contributed by atoms with Gasteiger partial charge in [0.15, 0.2) is 0 Å². The molecule has 32 heavy (non-hydrogen) atoms. The topological polar surface area (TPSA) is 55.3 Å². The van der Waals surface area contributed by atoms with E-state index >= 15 is 0 Å². The van der Waals surface area contributed by atoms with Crippen LogP contribution in [-0.2, 0) is 4.79 Å². The van der Waals surface area contributed by atoms with Gasteiger partial charge in [-0.15, -0.1) is 0 Å². The number of pyridine rings is 1. The second kappa shape index (κ2) is 8.12. The third-order valence-electron chi connectivity index (χ3n) is 7.63. The third kappa shape index (κ3) is 3.67. The van der Waals surface area contributed by atoms with Gasteiger partial charge in [0, 0.05) is 51.3 Å². The number of likely N-dealkylation sites (N-methyl/N-ethyl adjacent to an activating group) is 2. The number of ketones is 1. The highest BCUT2D eigenvalue weighted by Crippen LogP contribution is 2.40. The number of Topliss-reactive ketones (excluding diaryl/α,β-unsaturated/α-hetero) is 1. The number of carbonyl (C=O) groups is 1. The number of piperidine rings is 1. The van der Waals surface area contributed by atoms with Crippen molar-refractivity contribution < 1.29 is 4.79 Å². The number of aliphatic imine (C=N–C) groups is 1. The molecule has 1 aromatic rings. The molecule has 0 bridgehead atoms. The van der Waals surface area contributed by atoms with E-state index in [0.29, 0.717) is 18.6 Å². The molecule has 0 aromatic carbocycles. The zero-order valence-electron chi connectivity index (χ0n) is 19.7. The number of allylic oxidation sites excluding steroid dienone is 2. The molecule has 7 heteroatoms. The minimum Gasteiger partial charge on any atom is -0.355 e. The summed E-state index contributed by atoms with van der Waals surface area (Å²) in [4.78, 5) is 32.4. The molecule has 2 saturated heterocycles. The number of aryl methyl sites for hydroxylation is 1. The maximum Gasteiger partial charge on any atom is 0.136 e. The molecule has 170 valence electrons. The average molecular weight is 435 g/mol. The van der Waals surface area contributed by atoms with Crippen LogP contribution in [0.2, 0.25) is 0 Å². The van der Waals surface area contributed by atoms with Gasteiger partial charge in [-0.1, -0.05) is 12.1 Å². The largest absolute Gasteiger partial charge is 0.355 e. The summed E-state index contributed by atoms with van der Waals surface area (Å²) >= 11 is 0. The number of nitrogens with zero attached hydrogens (tertiary/aromatic N) is 6. The highest BCUT2D eigenvalue weighted by atomic mass is 16.1. The molecule has 1 unspecified atom stereocenters. The fourth-order valence-corrected chi connectivity index (χ4v) is 5.70. The quantitative estimate of drug-likeness (QED) is 0.727. The zero-order chi connectivity index (χ0) is 22.5. The molecule has 4 aliphatic heterocycles. The van der Waals surface area contributed by atoms with E-state index in [4.69, 9.17) is 4.99 Å². The van der Waals surface area contributed by atoms with Gasteiger partial charge in [-0.3, -0.25) is 19.7 Å². The molecule has 0 aliphatic carbocycles. The summed E-state index contributed by atoms with van der Waals surface area (Å²) in [6.07, 6.45) is 9.33. The number of aromatic nitrogens is 1. The van der Waals surface area contributed by atoms with Crippen LogP contribution in [0.25, 0.3) is 0 Å². The average Bonchev–Trinajstić information content (AvgIpc) is 3.13. The van der Waals surface area contributed by atoms with Crippen LogP contribution < -0.4 is 0 Å². The van der Waals surface area contributed by atoms with Crippen molar-refractivity contribution in [1.82, 2.24) is 24.6 Å². The van der Waals surface area contributed by atoms with Crippen LogP contribution in [-0.4, -0.2) is 94.6 Å². The third-order valence-corrected chi connectivity index (χ3v) is 7.63. The molecule has 7 nitrogen and oxygen atoms in total. The summed E-state index contributed by atoms with van der Waals surface area (Å²) in [5.41, 5.74) is 1.79. The Balaban J connectivity index is 1.41. The van der Waals surface area contributed by atoms with Crippen LogP contribution in [0, 0.1) is 6.92 Å². The van der Waals surface area contributed by atoms with E-state index in [-0.39, 0.29) is 17.6 Å². The van der Waals surface area contributed by atoms with Gasteiger partial charge >= 0.3 is 0 Å². The van der Waals surface area contributed by atoms with Gasteiger partial charge in [0.1, 0.15) is 17.4 Å². The van der Waals surface area contributed by atoms with Crippen molar-refractivity contribution in [3.05, 3.63) is 53.6 Å². The number of piperazine rings is 1. The molecule has 0 N–H and O–H groups in total. The number of hydrogen-bond acceptors (Lipinski definition) is 7. The van der Waals surface area contributed by atoms with Crippen LogP contribution in [0.5, 0.6) is 0 Å². The Bertz CT molecular complexity index is 992. The molecule has 3 atom stereocenters. The Hall–Kier alpha value is -2.51. The Morgan fingerprint density at radius 3 is 2.66 bits per heavy atom. The molecule has 2 fully saturated rings. The predicted octanol–water partition coefficient (Wildman–Crippen LogP) is 2.23. The lowest BCUT2D eigenvalue weighted by Gasteiger charge is -2.46. The molecular weight excluding hydrogens is 400 g/mol. The standard InChI is InChI=1S/C25H34N6O/c1-18-7-6-10-26-24(18)20-15-19(32)16-21(29(20)4)25(2)17-31-22(27-25)8-5-9-23(31)30-13-11-28(3)12-14-30/h5-10,20-21H,11-17H2,1-4H3/t20-,21+,25?/m0/s1. The summed E-state index contributed by atoms with van der Waals surface area (Å²) in [6.45, 7) is 9.29. The number of carbonyl (C=O) groups excluding carboxylic acids is 1. The van der Waals surface area contributed by atoms with Crippen LogP contribution in [0.1, 0.15) is 37.1 Å². The van der Waals surface area contributed by atoms with Crippen molar-refractivity contribution in [2.24, 2.45) is 4.99 Å². The Morgan fingerprint density at radius 2 is 1.91 bits per heavy atom. The maximum atomic E-state index is 12.9. The van der Waals surface area contributed by atoms with Gasteiger partial charge in [-0.2, -0.15) is 0 Å². The van der Waals surface area contributed by atoms with Crippen molar-refractivity contribution in [3.8, 4) is 0 Å². The summed E-state index contributed by atoms with van der Waals surface area (Å²) in [5.74, 6) is 2.56. The first-order valence-electron chi connectivity index (χ1n) is 11.7. The molecule has 5 heterocycles. The summed E-state index contributed by atoms with van der Waals surface area (Å²) in [5, 5.41) is 0. The van der Waals surface area contributed by atoms with Crippen molar-refractivity contribution in [2.75, 3.05) is 46.8 Å². The van der Waals surface area contributed by atoms with Crippen LogP contribution >= 0.6 is 0 Å². The number of likely N-dealkylation sites (tertiary alicyclic amines) is 1. The summed E-state index contributed by atoms with van der Waals surface area (Å²) < 4.78 is 0. The van der Waals surface area contributed by atoms with Crippen LogP contribution in [0.15, 0.2) is 47.4 Å². The highest BCUT2D eigenvalue weighted by Gasteiger charge is 2.49. The Kier molecular flexibility index (Phi) is 5.42. The van der Waals surface area contributed by atoms with E-state index in [0.717, 1.165) is 49.8 Å². The minimum absolute atomic E-state index is 0.000268. The van der Waals surface area contributed by atoms with Gasteiger partial charge in [-0.05, 0) is 51.7 Å². The molecule has 0 amide bonds. The maximum absolute atomic E-state index is 12.9. The molecule has 1 aromatic heterocycles. The number of hydrogen-bond donors (Lipinski definition) is 0. The van der Waals surface area contributed by atoms with Gasteiger partial charge in [0.05, 0.1) is 23.8 Å². The molecule has 4 aliphatic rings. The number of rotatable bonds is 3. The molecule has 0 radical (unpaired) electrons. The number of fused-ring (bicyclic) bond motifs is 1. The van der Waals surface area contributed by atoms with Gasteiger partial charge in [0.25, 0.3) is 0 Å². The fraction of sp³-hybridized carbons (Fsp3) is 0.560. The van der Waals surface area contributed by atoms with E-state index in [1.54, 1.807) is 0 Å². The lowest BCUT2D eigenvalue weighted by Crippen LogP contribution is -2.56. The molecule has 5 rings (SSSR count). The van der Waals surface area contributed by atoms with Gasteiger partial charge in [-0.25, -0.2) is 0 Å². The number of amidine groups is 1. The van der Waals surface area contributed by atoms with Crippen molar-refractivity contribution in [3.63, 3.8) is 0 Å². The smallest absolute Gasteiger partial charge is 0.136 e. The SMILES string of the molecule is Cc1cccnc1[C@@H]1CC(=O)C[C@H](C2(C)CN3C(N4CCN(C)CC4)=CC=CC3=N2)N1C. The monoisotopic (exact) mass is 434 g/mol. The second-order valence-corrected chi connectivity index (χ2v) is 9.94. The molecule has 0 spiro atoms. The van der Waals surface area contributed by atoms with Crippen molar-refractivity contribution in [2.45, 2.75) is 44.3 Å². The van der Waals surface area contributed by atoms with Crippen LogP contribution in [0.3, 0.4) is 0 Å². The van der Waals surface area contributed by atoms with Gasteiger partial charge in [0.2, 0.25) is 0 Å². The molecular formula is C25H34N6O. The van der Waals surface area contributed by atoms with Crippen molar-refractivity contribution >= 4 is 11.6 Å². The first-order valence-corrected chi connectivity index (χ1v) is 11.7. The van der Waals surface area contributed by atoms with Crippen LogP contribution in [0.4, 0.5) is 0 Å². The van der Waals surface area contributed by atoms with E-state index < -0.39 is 0 Å². The van der Waals surface area contributed by atoms with E-state index in [2.05, 4.69) is 76.8 Å². The highest BCUT2D eigenvalue weighted by molar-refractivity contribution is 5.97. The predicted molar refractivity (Wildman–Crippen MR) is 126 cm³/mol. The lowest BCUT2D eigenvalue weighted by atomic mass is 9.81. The second-order valence-electron chi connectivity index (χ2n) is 9.94. The van der Waals surface area contributed by atoms with E-state index in [9.17, 15) is 4.79 Å². The molecule has 0 saturated carbocycles.